The molecule has 6 nitrogen and oxygen atoms in total. The lowest BCUT2D eigenvalue weighted by molar-refractivity contribution is -0.141. The van der Waals surface area contributed by atoms with Gasteiger partial charge in [-0.2, -0.15) is 0 Å². The topological polar surface area (TPSA) is 78.9 Å². The highest BCUT2D eigenvalue weighted by molar-refractivity contribution is 5.73. The average molecular weight is 298 g/mol. The molecule has 1 atom stereocenters. The van der Waals surface area contributed by atoms with Crippen LogP contribution in [0.1, 0.15) is 47.0 Å². The van der Waals surface area contributed by atoms with Crippen molar-refractivity contribution in [2.45, 2.75) is 64.1 Å². The Labute approximate surface area is 125 Å². The molecule has 21 heavy (non-hydrogen) atoms. The molecule has 0 bridgehead atoms. The number of aliphatic carboxylic acids is 1. The van der Waals surface area contributed by atoms with E-state index in [9.17, 15) is 9.59 Å². The first-order chi connectivity index (χ1) is 9.60. The number of rotatable bonds is 5. The maximum atomic E-state index is 12.0. The second kappa shape index (κ2) is 5.48. The van der Waals surface area contributed by atoms with Crippen molar-refractivity contribution in [2.75, 3.05) is 13.1 Å². The van der Waals surface area contributed by atoms with Crippen LogP contribution in [0.4, 0.5) is 4.79 Å². The molecular formula is C15H26N2O4. The van der Waals surface area contributed by atoms with Gasteiger partial charge in [-0.15, -0.1) is 0 Å². The van der Waals surface area contributed by atoms with E-state index in [0.717, 1.165) is 0 Å². The fourth-order valence-electron chi connectivity index (χ4n) is 2.88. The van der Waals surface area contributed by atoms with Crippen LogP contribution in [0, 0.1) is 5.92 Å². The molecule has 1 aliphatic carbocycles. The molecule has 1 amide bonds. The minimum absolute atomic E-state index is 0.0311. The predicted octanol–water partition coefficient (Wildman–Crippen LogP) is 1.84. The minimum atomic E-state index is -0.839. The quantitative estimate of drug-likeness (QED) is 0.809. The monoisotopic (exact) mass is 298 g/mol. The van der Waals surface area contributed by atoms with Gasteiger partial charge < -0.3 is 20.1 Å². The molecule has 2 rings (SSSR count). The summed E-state index contributed by atoms with van der Waals surface area (Å²) in [7, 11) is 0. The summed E-state index contributed by atoms with van der Waals surface area (Å²) < 4.78 is 5.32. The smallest absolute Gasteiger partial charge is 0.410 e. The normalized spacial score (nSPS) is 22.4. The van der Waals surface area contributed by atoms with Crippen LogP contribution < -0.4 is 5.32 Å². The molecule has 1 aliphatic heterocycles. The summed E-state index contributed by atoms with van der Waals surface area (Å²) in [4.78, 5) is 24.7. The SMILES string of the molecule is CC(NC1(CC(=O)O)CN(C(=O)OC(C)(C)C)C1)C1CC1. The van der Waals surface area contributed by atoms with Crippen molar-refractivity contribution in [2.24, 2.45) is 5.92 Å². The molecule has 1 unspecified atom stereocenters. The molecule has 2 N–H and O–H groups in total. The number of hydrogen-bond acceptors (Lipinski definition) is 4. The van der Waals surface area contributed by atoms with Gasteiger partial charge in [-0.3, -0.25) is 4.79 Å². The molecule has 1 heterocycles. The molecule has 2 fully saturated rings. The number of nitrogens with one attached hydrogen (secondary N) is 1. The zero-order chi connectivity index (χ0) is 15.8. The van der Waals surface area contributed by atoms with E-state index < -0.39 is 17.1 Å². The van der Waals surface area contributed by atoms with Gasteiger partial charge >= 0.3 is 12.1 Å². The fraction of sp³-hybridized carbons (Fsp3) is 0.867. The summed E-state index contributed by atoms with van der Waals surface area (Å²) in [6.07, 6.45) is 2.06. The Morgan fingerprint density at radius 2 is 1.95 bits per heavy atom. The summed E-state index contributed by atoms with van der Waals surface area (Å²) in [6.45, 7) is 8.35. The zero-order valence-corrected chi connectivity index (χ0v) is 13.3. The molecule has 1 saturated carbocycles. The zero-order valence-electron chi connectivity index (χ0n) is 13.3. The van der Waals surface area contributed by atoms with E-state index in [0.29, 0.717) is 25.0 Å². The third kappa shape index (κ3) is 4.33. The Balaban J connectivity index is 1.92. The minimum Gasteiger partial charge on any atom is -0.481 e. The number of hydrogen-bond donors (Lipinski definition) is 2. The average Bonchev–Trinajstić information content (AvgIpc) is 3.04. The highest BCUT2D eigenvalue weighted by atomic mass is 16.6. The van der Waals surface area contributed by atoms with Gasteiger partial charge in [0.1, 0.15) is 5.60 Å². The number of nitrogens with zero attached hydrogens (tertiary/aromatic N) is 1. The number of carbonyl (C=O) groups excluding carboxylic acids is 1. The van der Waals surface area contributed by atoms with Crippen molar-refractivity contribution in [1.82, 2.24) is 10.2 Å². The Kier molecular flexibility index (Phi) is 4.19. The molecular weight excluding hydrogens is 272 g/mol. The van der Waals surface area contributed by atoms with Crippen LogP contribution in [0.25, 0.3) is 0 Å². The van der Waals surface area contributed by atoms with Crippen LogP contribution >= 0.6 is 0 Å². The number of likely N-dealkylation sites (tertiary alicyclic amines) is 1. The second-order valence-corrected chi connectivity index (χ2v) is 7.46. The summed E-state index contributed by atoms with van der Waals surface area (Å²) in [6, 6.07) is 0.296. The maximum Gasteiger partial charge on any atom is 0.410 e. The summed E-state index contributed by atoms with van der Waals surface area (Å²) in [5.74, 6) is -0.194. The summed E-state index contributed by atoms with van der Waals surface area (Å²) in [5.41, 5.74) is -1.04. The number of carbonyl (C=O) groups is 2. The molecule has 1 saturated heterocycles. The summed E-state index contributed by atoms with van der Waals surface area (Å²) in [5, 5.41) is 12.6. The van der Waals surface area contributed by atoms with Crippen molar-refractivity contribution in [3.05, 3.63) is 0 Å². The van der Waals surface area contributed by atoms with E-state index in [-0.39, 0.29) is 12.5 Å². The molecule has 0 aromatic carbocycles. The van der Waals surface area contributed by atoms with Gasteiger partial charge in [0, 0.05) is 19.1 Å². The molecule has 6 heteroatoms. The second-order valence-electron chi connectivity index (χ2n) is 7.46. The van der Waals surface area contributed by atoms with Gasteiger partial charge in [-0.1, -0.05) is 0 Å². The van der Waals surface area contributed by atoms with Crippen molar-refractivity contribution in [3.8, 4) is 0 Å². The van der Waals surface area contributed by atoms with Gasteiger partial charge in [-0.05, 0) is 46.5 Å². The van der Waals surface area contributed by atoms with Crippen LogP contribution in [-0.4, -0.2) is 52.3 Å². The first kappa shape index (κ1) is 16.1. The first-order valence-electron chi connectivity index (χ1n) is 7.58. The van der Waals surface area contributed by atoms with E-state index in [1.807, 2.05) is 20.8 Å². The van der Waals surface area contributed by atoms with Crippen LogP contribution in [0.5, 0.6) is 0 Å². The number of carboxylic acids is 1. The Bertz CT molecular complexity index is 420. The lowest BCUT2D eigenvalue weighted by Gasteiger charge is -2.51. The molecule has 0 aromatic heterocycles. The third-order valence-electron chi connectivity index (χ3n) is 3.99. The Morgan fingerprint density at radius 3 is 2.38 bits per heavy atom. The number of carboxylic acid groups (broad SMARTS) is 1. The van der Waals surface area contributed by atoms with Gasteiger partial charge in [-0.25, -0.2) is 4.79 Å². The van der Waals surface area contributed by atoms with E-state index in [1.165, 1.54) is 12.8 Å². The van der Waals surface area contributed by atoms with Gasteiger partial charge in [0.05, 0.1) is 12.0 Å². The van der Waals surface area contributed by atoms with Crippen molar-refractivity contribution in [1.29, 1.82) is 0 Å². The fourth-order valence-corrected chi connectivity index (χ4v) is 2.88. The molecule has 2 aliphatic rings. The largest absolute Gasteiger partial charge is 0.481 e. The molecule has 0 spiro atoms. The van der Waals surface area contributed by atoms with Crippen molar-refractivity contribution < 1.29 is 19.4 Å². The van der Waals surface area contributed by atoms with E-state index in [4.69, 9.17) is 9.84 Å². The third-order valence-corrected chi connectivity index (χ3v) is 3.99. The van der Waals surface area contributed by atoms with E-state index in [2.05, 4.69) is 12.2 Å². The predicted molar refractivity (Wildman–Crippen MR) is 78.1 cm³/mol. The lowest BCUT2D eigenvalue weighted by Crippen LogP contribution is -2.72. The van der Waals surface area contributed by atoms with E-state index >= 15 is 0 Å². The summed E-state index contributed by atoms with van der Waals surface area (Å²) >= 11 is 0. The van der Waals surface area contributed by atoms with E-state index in [1.54, 1.807) is 4.90 Å². The highest BCUT2D eigenvalue weighted by Gasteiger charge is 2.49. The highest BCUT2D eigenvalue weighted by Crippen LogP contribution is 2.35. The van der Waals surface area contributed by atoms with Crippen LogP contribution in [0.3, 0.4) is 0 Å². The number of amides is 1. The lowest BCUT2D eigenvalue weighted by atomic mass is 9.85. The van der Waals surface area contributed by atoms with Gasteiger partial charge in [0.15, 0.2) is 0 Å². The molecule has 0 radical (unpaired) electrons. The van der Waals surface area contributed by atoms with Crippen LogP contribution in [0.2, 0.25) is 0 Å². The Morgan fingerprint density at radius 1 is 1.38 bits per heavy atom. The standard InChI is InChI=1S/C15H26N2O4/c1-10(11-5-6-11)16-15(7-12(18)19)8-17(9-15)13(20)21-14(2,3)4/h10-11,16H,5-9H2,1-4H3,(H,18,19). The van der Waals surface area contributed by atoms with Crippen LogP contribution in [-0.2, 0) is 9.53 Å². The van der Waals surface area contributed by atoms with Crippen molar-refractivity contribution >= 4 is 12.1 Å². The van der Waals surface area contributed by atoms with Crippen LogP contribution in [0.15, 0.2) is 0 Å². The first-order valence-corrected chi connectivity index (χ1v) is 7.58. The molecule has 0 aromatic rings. The van der Waals surface area contributed by atoms with Gasteiger partial charge in [0.25, 0.3) is 0 Å². The number of ether oxygens (including phenoxy) is 1. The maximum absolute atomic E-state index is 12.0. The Hall–Kier alpha value is -1.30. The molecule has 120 valence electrons. The van der Waals surface area contributed by atoms with Gasteiger partial charge in [0.2, 0.25) is 0 Å². The van der Waals surface area contributed by atoms with Crippen molar-refractivity contribution in [3.63, 3.8) is 0 Å².